The first-order chi connectivity index (χ1) is 2.00. The van der Waals surface area contributed by atoms with Gasteiger partial charge in [-0.25, -0.2) is 0 Å². The van der Waals surface area contributed by atoms with Gasteiger partial charge in [-0.15, -0.1) is 0 Å². The molecule has 0 fully saturated rings. The van der Waals surface area contributed by atoms with Crippen LogP contribution in [0.15, 0.2) is 0 Å². The van der Waals surface area contributed by atoms with Gasteiger partial charge >= 0.3 is 0 Å². The molecule has 6 heteroatoms. The van der Waals surface area contributed by atoms with Crippen molar-refractivity contribution in [1.29, 1.82) is 0 Å². The Labute approximate surface area is 95.3 Å². The van der Waals surface area contributed by atoms with Gasteiger partial charge < -0.3 is 0 Å². The van der Waals surface area contributed by atoms with Crippen LogP contribution in [-0.2, 0) is 0 Å². The molecule has 33 valence electrons. The van der Waals surface area contributed by atoms with Crippen LogP contribution in [0.2, 0.25) is 0 Å². The van der Waals surface area contributed by atoms with E-state index in [2.05, 4.69) is 0 Å². The maximum absolute atomic E-state index is 8.60. The summed E-state index contributed by atoms with van der Waals surface area (Å²) in [7, 11) is -4.69. The second-order valence-corrected chi connectivity index (χ2v) is 1.19. The predicted octanol–water partition coefficient (Wildman–Crippen LogP) is -4.50. The zero-order valence-electron chi connectivity index (χ0n) is 3.05. The number of rotatable bonds is 0. The molecular weight excluding hydrogens is 232 g/mol. The Morgan fingerprint density at radius 2 is 1.17 bits per heavy atom. The molecule has 6 heavy (non-hydrogen) atoms. The van der Waals surface area contributed by atoms with Crippen LogP contribution in [0.1, 0.15) is 0 Å². The summed E-state index contributed by atoms with van der Waals surface area (Å²) >= 11 is 0. The van der Waals surface area contributed by atoms with Gasteiger partial charge in [0, 0.05) is 68.9 Å². The van der Waals surface area contributed by atoms with Crippen molar-refractivity contribution in [2.45, 2.75) is 0 Å². The van der Waals surface area contributed by atoms with Crippen molar-refractivity contribution in [3.05, 3.63) is 0 Å². The van der Waals surface area contributed by atoms with E-state index in [9.17, 15) is 0 Å². The molecule has 4 nitrogen and oxygen atoms in total. The molecule has 0 aliphatic heterocycles. The van der Waals surface area contributed by atoms with E-state index in [1.54, 1.807) is 0 Å². The first-order valence-electron chi connectivity index (χ1n) is 0.632. The molecule has 0 aliphatic rings. The summed E-state index contributed by atoms with van der Waals surface area (Å²) in [6.45, 7) is 0. The van der Waals surface area contributed by atoms with Crippen molar-refractivity contribution in [3.8, 4) is 0 Å². The van der Waals surface area contributed by atoms with E-state index in [0.717, 1.165) is 0 Å². The van der Waals surface area contributed by atoms with Crippen LogP contribution in [0.5, 0.6) is 0 Å². The standard InChI is InChI=1S/ClHO4.Cs/c2-1(3,4)5;/h(H,2,3,4,5);. The van der Waals surface area contributed by atoms with E-state index >= 15 is 0 Å². The van der Waals surface area contributed by atoms with Crippen LogP contribution >= 0.6 is 0 Å². The van der Waals surface area contributed by atoms with Gasteiger partial charge in [0.1, 0.15) is 0 Å². The molecule has 0 amide bonds. The van der Waals surface area contributed by atoms with Crippen LogP contribution in [0, 0.1) is 10.2 Å². The zero-order valence-corrected chi connectivity index (χ0v) is 10.1. The largest absolute Gasteiger partial charge is 0.183 e. The summed E-state index contributed by atoms with van der Waals surface area (Å²) in [5.74, 6) is 0. The first kappa shape index (κ1) is 11.0. The predicted molar refractivity (Wildman–Crippen MR) is 7.97 cm³/mol. The fraction of sp³-hybridized carbons (Fsp3) is 0. The molecule has 0 aliphatic carbocycles. The van der Waals surface area contributed by atoms with Crippen LogP contribution in [0.3, 0.4) is 0 Å². The van der Waals surface area contributed by atoms with E-state index in [4.69, 9.17) is 18.6 Å². The smallest absolute Gasteiger partial charge is 0.0777 e. The molecule has 1 N–H and O–H groups in total. The molecule has 0 unspecified atom stereocenters. The van der Waals surface area contributed by atoms with Crippen LogP contribution in [-0.4, -0.2) is 73.6 Å². The maximum atomic E-state index is 8.60. The van der Waals surface area contributed by atoms with E-state index in [0.29, 0.717) is 0 Å². The molecular formula is HClCsO4. The fourth-order valence-corrected chi connectivity index (χ4v) is 0. The minimum atomic E-state index is -4.69. The Morgan fingerprint density at radius 1 is 1.17 bits per heavy atom. The summed E-state index contributed by atoms with van der Waals surface area (Å²) in [5.41, 5.74) is 0. The SMILES string of the molecule is [Cs].[O-][Cl+3]([O-])([O-])O. The normalized spacial score (nSPS) is 10.0. The van der Waals surface area contributed by atoms with E-state index < -0.39 is 10.2 Å². The number of hydrogen-bond donors (Lipinski definition) is 1. The van der Waals surface area contributed by atoms with Gasteiger partial charge in [0.2, 0.25) is 0 Å². The van der Waals surface area contributed by atoms with E-state index in [-0.39, 0.29) is 68.9 Å². The first-order valence-corrected chi connectivity index (χ1v) is 1.90. The van der Waals surface area contributed by atoms with Gasteiger partial charge in [0.25, 0.3) is 0 Å². The van der Waals surface area contributed by atoms with Gasteiger partial charge in [-0.3, -0.25) is 0 Å². The summed E-state index contributed by atoms with van der Waals surface area (Å²) in [6.07, 6.45) is 0. The summed E-state index contributed by atoms with van der Waals surface area (Å²) < 4.78 is 32.7. The average Bonchev–Trinajstić information content (AvgIpc) is 0.722. The molecule has 0 aromatic carbocycles. The van der Waals surface area contributed by atoms with Gasteiger partial charge in [-0.1, -0.05) is 0 Å². The van der Waals surface area contributed by atoms with E-state index in [1.807, 2.05) is 0 Å². The van der Waals surface area contributed by atoms with Crippen molar-refractivity contribution >= 4 is 68.9 Å². The maximum Gasteiger partial charge on any atom is 0.0777 e. The monoisotopic (exact) mass is 233 g/mol. The molecule has 0 bridgehead atoms. The zero-order chi connectivity index (χ0) is 4.50. The average molecular weight is 233 g/mol. The van der Waals surface area contributed by atoms with Crippen LogP contribution < -0.4 is 14.0 Å². The minimum Gasteiger partial charge on any atom is -0.183 e. The second-order valence-electron chi connectivity index (χ2n) is 0.396. The van der Waals surface area contributed by atoms with Crippen molar-refractivity contribution in [3.63, 3.8) is 0 Å². The molecule has 0 spiro atoms. The van der Waals surface area contributed by atoms with Gasteiger partial charge in [-0.05, 0) is 0 Å². The third-order valence-electron chi connectivity index (χ3n) is 0. The molecule has 0 aromatic heterocycles. The number of halogens is 1. The van der Waals surface area contributed by atoms with Crippen LogP contribution in [0.4, 0.5) is 0 Å². The van der Waals surface area contributed by atoms with Gasteiger partial charge in [0.15, 0.2) is 0 Å². The Bertz CT molecular complexity index is 23.0. The second kappa shape index (κ2) is 4.10. The summed E-state index contributed by atoms with van der Waals surface area (Å²) in [4.78, 5) is 0. The van der Waals surface area contributed by atoms with Crippen molar-refractivity contribution in [2.75, 3.05) is 0 Å². The Kier molecular flexibility index (Phi) is 7.55. The minimum absolute atomic E-state index is 0. The molecule has 0 heterocycles. The van der Waals surface area contributed by atoms with Crippen molar-refractivity contribution in [2.24, 2.45) is 0 Å². The van der Waals surface area contributed by atoms with Gasteiger partial charge in [-0.2, -0.15) is 14.0 Å². The molecule has 0 saturated carbocycles. The number of hydrogen-bond acceptors (Lipinski definition) is 4. The molecule has 0 saturated heterocycles. The molecule has 0 aromatic rings. The van der Waals surface area contributed by atoms with Crippen molar-refractivity contribution < 1.29 is 28.9 Å². The van der Waals surface area contributed by atoms with Crippen LogP contribution in [0.25, 0.3) is 0 Å². The molecule has 0 atom stereocenters. The van der Waals surface area contributed by atoms with E-state index in [1.165, 1.54) is 0 Å². The third-order valence-corrected chi connectivity index (χ3v) is 0. The summed E-state index contributed by atoms with van der Waals surface area (Å²) in [5, 5.41) is 0. The Morgan fingerprint density at radius 3 is 1.17 bits per heavy atom. The Balaban J connectivity index is 0. The quantitative estimate of drug-likeness (QED) is 0.457. The molecule has 0 rings (SSSR count). The molecule has 1 radical (unpaired) electrons. The third kappa shape index (κ3) is 34.9. The fourth-order valence-electron chi connectivity index (χ4n) is 0. The Hall–Kier alpha value is 2.18. The van der Waals surface area contributed by atoms with Gasteiger partial charge in [0.05, 0.1) is 14.9 Å². The topological polar surface area (TPSA) is 89.4 Å². The summed E-state index contributed by atoms with van der Waals surface area (Å²) in [6, 6.07) is 0. The van der Waals surface area contributed by atoms with Crippen molar-refractivity contribution in [1.82, 2.24) is 0 Å².